The van der Waals surface area contributed by atoms with E-state index in [9.17, 15) is 10.1 Å². The van der Waals surface area contributed by atoms with Crippen LogP contribution in [0.2, 0.25) is 10.0 Å². The third-order valence-corrected chi connectivity index (χ3v) is 6.11. The van der Waals surface area contributed by atoms with Gasteiger partial charge >= 0.3 is 0 Å². The average molecular weight is 555 g/mol. The van der Waals surface area contributed by atoms with Crippen molar-refractivity contribution in [2.75, 3.05) is 13.7 Å². The number of carbonyl (C=O) groups is 1. The number of aryl methyl sites for hydroxylation is 1. The monoisotopic (exact) mass is 554 g/mol. The number of aromatic nitrogens is 1. The van der Waals surface area contributed by atoms with Crippen molar-refractivity contribution in [3.05, 3.63) is 86.5 Å². The Morgan fingerprint density at radius 2 is 1.84 bits per heavy atom. The fourth-order valence-corrected chi connectivity index (χ4v) is 4.21. The van der Waals surface area contributed by atoms with E-state index in [1.165, 1.54) is 11.9 Å². The molecule has 38 heavy (non-hydrogen) atoms. The Kier molecular flexibility index (Phi) is 8.69. The average Bonchev–Trinajstić information content (AvgIpc) is 3.32. The van der Waals surface area contributed by atoms with Crippen molar-refractivity contribution in [2.45, 2.75) is 33.3 Å². The summed E-state index contributed by atoms with van der Waals surface area (Å²) in [6.07, 6.45) is -0.782. The maximum absolute atomic E-state index is 12.3. The summed E-state index contributed by atoms with van der Waals surface area (Å²) >= 11 is 12.2. The van der Waals surface area contributed by atoms with Gasteiger partial charge in [-0.3, -0.25) is 4.79 Å². The lowest BCUT2D eigenvalue weighted by Crippen LogP contribution is -2.25. The fraction of sp³-hybridized carbons (Fsp3) is 0.259. The number of hydrogen-bond acceptors (Lipinski definition) is 8. The van der Waals surface area contributed by atoms with Gasteiger partial charge in [0.25, 0.3) is 0 Å². The van der Waals surface area contributed by atoms with E-state index in [1.54, 1.807) is 62.6 Å². The molecule has 0 radical (unpaired) electrons. The normalized spacial score (nSPS) is 14.5. The molecular formula is C27H24Cl2N4O5. The Hall–Kier alpha value is -3.84. The summed E-state index contributed by atoms with van der Waals surface area (Å²) < 4.78 is 22.7. The molecule has 196 valence electrons. The van der Waals surface area contributed by atoms with Crippen LogP contribution in [-0.4, -0.2) is 35.5 Å². The van der Waals surface area contributed by atoms with Crippen molar-refractivity contribution in [3.8, 4) is 17.7 Å². The standard InChI is InChI=1S/C27H24Cl2N4O5/c1-16-10-20(13-35-3)23(12-30)26(31-16)37-15-25-32-33(17(2)34)27(38-25)18-5-8-22(9-6-18)36-14-19-4-7-21(28)11-24(19)29/h4-11,27H,13-15H2,1-3H3. The molecule has 1 unspecified atom stereocenters. The van der Waals surface area contributed by atoms with Gasteiger partial charge in [0.2, 0.25) is 23.9 Å². The number of ether oxygens (including phenoxy) is 4. The number of benzene rings is 2. The molecule has 0 N–H and O–H groups in total. The molecule has 0 fully saturated rings. The first kappa shape index (κ1) is 27.2. The molecule has 2 heterocycles. The SMILES string of the molecule is COCc1cc(C)nc(OCC2=NN(C(C)=O)C(c3ccc(OCc4ccc(Cl)cc4Cl)cc3)O2)c1C#N. The summed E-state index contributed by atoms with van der Waals surface area (Å²) in [5.41, 5.74) is 3.09. The number of carbonyl (C=O) groups excluding carboxylic acids is 1. The van der Waals surface area contributed by atoms with Crippen LogP contribution < -0.4 is 9.47 Å². The highest BCUT2D eigenvalue weighted by molar-refractivity contribution is 6.35. The third kappa shape index (κ3) is 6.34. The minimum Gasteiger partial charge on any atom is -0.489 e. The van der Waals surface area contributed by atoms with Crippen LogP contribution in [0.25, 0.3) is 0 Å². The van der Waals surface area contributed by atoms with E-state index in [2.05, 4.69) is 16.2 Å². The van der Waals surface area contributed by atoms with Crippen LogP contribution in [-0.2, 0) is 27.5 Å². The zero-order chi connectivity index (χ0) is 27.2. The molecule has 3 aromatic rings. The van der Waals surface area contributed by atoms with Crippen LogP contribution in [0.15, 0.2) is 53.6 Å². The van der Waals surface area contributed by atoms with Crippen LogP contribution in [0, 0.1) is 18.3 Å². The van der Waals surface area contributed by atoms with Crippen molar-refractivity contribution < 1.29 is 23.7 Å². The van der Waals surface area contributed by atoms with Gasteiger partial charge in [-0.15, -0.1) is 5.10 Å². The van der Waals surface area contributed by atoms with Gasteiger partial charge in [0, 0.05) is 46.5 Å². The minimum atomic E-state index is -0.782. The van der Waals surface area contributed by atoms with E-state index in [1.807, 2.05) is 0 Å². The predicted molar refractivity (Wildman–Crippen MR) is 141 cm³/mol. The lowest BCUT2D eigenvalue weighted by Gasteiger charge is -2.19. The lowest BCUT2D eigenvalue weighted by atomic mass is 10.1. The number of hydrogen-bond donors (Lipinski definition) is 0. The molecule has 1 aromatic heterocycles. The molecule has 0 aliphatic carbocycles. The van der Waals surface area contributed by atoms with Crippen LogP contribution in [0.4, 0.5) is 0 Å². The largest absolute Gasteiger partial charge is 0.489 e. The summed E-state index contributed by atoms with van der Waals surface area (Å²) in [5, 5.41) is 16.2. The zero-order valence-electron chi connectivity index (χ0n) is 20.9. The summed E-state index contributed by atoms with van der Waals surface area (Å²) in [5.74, 6) is 0.615. The van der Waals surface area contributed by atoms with Crippen LogP contribution in [0.1, 0.15) is 41.1 Å². The topological polar surface area (TPSA) is 106 Å². The number of hydrazone groups is 1. The number of methoxy groups -OCH3 is 1. The Morgan fingerprint density at radius 1 is 1.08 bits per heavy atom. The molecule has 4 rings (SSSR count). The highest BCUT2D eigenvalue weighted by Gasteiger charge is 2.33. The Labute approximate surface area is 230 Å². The maximum Gasteiger partial charge on any atom is 0.247 e. The molecule has 1 aliphatic rings. The Bertz CT molecular complexity index is 1410. The van der Waals surface area contributed by atoms with Crippen LogP contribution in [0.5, 0.6) is 11.6 Å². The maximum atomic E-state index is 12.3. The second-order valence-corrected chi connectivity index (χ2v) is 9.20. The van der Waals surface area contributed by atoms with Crippen molar-refractivity contribution in [1.82, 2.24) is 9.99 Å². The Morgan fingerprint density at radius 3 is 2.50 bits per heavy atom. The number of rotatable bonds is 9. The van der Waals surface area contributed by atoms with Crippen molar-refractivity contribution in [1.29, 1.82) is 5.26 Å². The van der Waals surface area contributed by atoms with E-state index in [0.29, 0.717) is 32.6 Å². The van der Waals surface area contributed by atoms with E-state index in [-0.39, 0.29) is 43.1 Å². The van der Waals surface area contributed by atoms with E-state index in [0.717, 1.165) is 5.56 Å². The smallest absolute Gasteiger partial charge is 0.247 e. The number of pyridine rings is 1. The molecule has 2 aromatic carbocycles. The summed E-state index contributed by atoms with van der Waals surface area (Å²) in [6.45, 7) is 3.57. The molecule has 0 bridgehead atoms. The van der Waals surface area contributed by atoms with Crippen molar-refractivity contribution >= 4 is 35.0 Å². The van der Waals surface area contributed by atoms with Gasteiger partial charge in [-0.2, -0.15) is 10.3 Å². The molecule has 1 amide bonds. The molecule has 11 heteroatoms. The molecule has 0 spiro atoms. The second-order valence-electron chi connectivity index (χ2n) is 8.36. The van der Waals surface area contributed by atoms with Gasteiger partial charge < -0.3 is 18.9 Å². The van der Waals surface area contributed by atoms with E-state index < -0.39 is 6.23 Å². The van der Waals surface area contributed by atoms with E-state index in [4.69, 9.17) is 42.1 Å². The molecule has 0 saturated carbocycles. The van der Waals surface area contributed by atoms with Crippen molar-refractivity contribution in [3.63, 3.8) is 0 Å². The van der Waals surface area contributed by atoms with Gasteiger partial charge in [0.1, 0.15) is 24.0 Å². The van der Waals surface area contributed by atoms with Gasteiger partial charge in [-0.05, 0) is 49.4 Å². The second kappa shape index (κ2) is 12.1. The van der Waals surface area contributed by atoms with E-state index >= 15 is 0 Å². The molecule has 1 atom stereocenters. The molecule has 0 saturated heterocycles. The minimum absolute atomic E-state index is 0.124. The first-order valence-electron chi connectivity index (χ1n) is 11.5. The first-order valence-corrected chi connectivity index (χ1v) is 12.3. The number of halogens is 2. The van der Waals surface area contributed by atoms with Gasteiger partial charge in [-0.25, -0.2) is 4.98 Å². The summed E-state index contributed by atoms with van der Waals surface area (Å²) in [7, 11) is 1.54. The highest BCUT2D eigenvalue weighted by Crippen LogP contribution is 2.31. The van der Waals surface area contributed by atoms with Gasteiger partial charge in [-0.1, -0.05) is 29.3 Å². The highest BCUT2D eigenvalue weighted by atomic mass is 35.5. The van der Waals surface area contributed by atoms with Gasteiger partial charge in [0.15, 0.2) is 6.61 Å². The van der Waals surface area contributed by atoms with Crippen LogP contribution in [0.3, 0.4) is 0 Å². The lowest BCUT2D eigenvalue weighted by molar-refractivity contribution is -0.135. The quantitative estimate of drug-likeness (QED) is 0.340. The number of nitriles is 1. The predicted octanol–water partition coefficient (Wildman–Crippen LogP) is 5.56. The molecular weight excluding hydrogens is 531 g/mol. The number of amides is 1. The summed E-state index contributed by atoms with van der Waals surface area (Å²) in [6, 6.07) is 16.2. The zero-order valence-corrected chi connectivity index (χ0v) is 22.4. The number of nitrogens with zero attached hydrogens (tertiary/aromatic N) is 4. The van der Waals surface area contributed by atoms with Gasteiger partial charge in [0.05, 0.1) is 6.61 Å². The van der Waals surface area contributed by atoms with Crippen molar-refractivity contribution in [2.24, 2.45) is 5.10 Å². The molecule has 9 nitrogen and oxygen atoms in total. The van der Waals surface area contributed by atoms with Crippen LogP contribution >= 0.6 is 23.2 Å². The Balaban J connectivity index is 1.43. The first-order chi connectivity index (χ1) is 18.3. The fourth-order valence-electron chi connectivity index (χ4n) is 3.74. The third-order valence-electron chi connectivity index (χ3n) is 5.53. The summed E-state index contributed by atoms with van der Waals surface area (Å²) in [4.78, 5) is 16.6. The molecule has 1 aliphatic heterocycles.